The molecule has 0 saturated carbocycles. The van der Waals surface area contributed by atoms with E-state index in [0.29, 0.717) is 12.3 Å². The van der Waals surface area contributed by atoms with Gasteiger partial charge in [-0.2, -0.15) is 5.26 Å². The van der Waals surface area contributed by atoms with Crippen LogP contribution in [0.1, 0.15) is 26.7 Å². The summed E-state index contributed by atoms with van der Waals surface area (Å²) in [6.07, 6.45) is 1.51. The van der Waals surface area contributed by atoms with Crippen molar-refractivity contribution in [1.29, 1.82) is 5.26 Å². The third kappa shape index (κ3) is 4.50. The monoisotopic (exact) mass is 244 g/mol. The Labute approximate surface area is 98.2 Å². The number of rotatable bonds is 3. The number of sulfone groups is 1. The van der Waals surface area contributed by atoms with E-state index in [2.05, 4.69) is 11.0 Å². The summed E-state index contributed by atoms with van der Waals surface area (Å²) in [5, 5.41) is 8.90. The normalized spacial score (nSPS) is 22.3. The van der Waals surface area contributed by atoms with Crippen LogP contribution in [0.15, 0.2) is 0 Å². The predicted molar refractivity (Wildman–Crippen MR) is 63.7 cm³/mol. The van der Waals surface area contributed by atoms with Crippen LogP contribution in [0.3, 0.4) is 0 Å². The van der Waals surface area contributed by atoms with Crippen molar-refractivity contribution in [3.05, 3.63) is 0 Å². The molecule has 0 aromatic heterocycles. The van der Waals surface area contributed by atoms with Gasteiger partial charge in [0.2, 0.25) is 0 Å². The van der Waals surface area contributed by atoms with E-state index in [1.165, 1.54) is 0 Å². The molecule has 0 amide bonds. The van der Waals surface area contributed by atoms with Crippen LogP contribution in [0.2, 0.25) is 0 Å². The van der Waals surface area contributed by atoms with Gasteiger partial charge in [0, 0.05) is 6.54 Å². The molecule has 1 aliphatic heterocycles. The maximum Gasteiger partial charge on any atom is 0.151 e. The van der Waals surface area contributed by atoms with E-state index in [0.717, 1.165) is 25.9 Å². The van der Waals surface area contributed by atoms with Gasteiger partial charge in [-0.3, -0.25) is 0 Å². The van der Waals surface area contributed by atoms with Crippen molar-refractivity contribution in [2.45, 2.75) is 26.7 Å². The van der Waals surface area contributed by atoms with Gasteiger partial charge in [0.1, 0.15) is 0 Å². The second-order valence-electron chi connectivity index (χ2n) is 5.09. The van der Waals surface area contributed by atoms with E-state index in [1.54, 1.807) is 0 Å². The Hall–Kier alpha value is -0.600. The summed E-state index contributed by atoms with van der Waals surface area (Å²) in [5.41, 5.74) is -0.314. The van der Waals surface area contributed by atoms with Crippen molar-refractivity contribution in [2.75, 3.05) is 31.1 Å². The molecule has 0 N–H and O–H groups in total. The van der Waals surface area contributed by atoms with Crippen LogP contribution < -0.4 is 0 Å². The number of nitrogens with zero attached hydrogens (tertiary/aromatic N) is 2. The first-order valence-corrected chi connectivity index (χ1v) is 7.51. The summed E-state index contributed by atoms with van der Waals surface area (Å²) in [7, 11) is -2.82. The Morgan fingerprint density at radius 3 is 2.62 bits per heavy atom. The van der Waals surface area contributed by atoms with E-state index in [-0.39, 0.29) is 11.2 Å². The standard InChI is InChI=1S/C11H20N2O2S/c1-11(2,10-12)4-6-13-5-3-8-16(14,15)9-7-13/h3-9H2,1-2H3. The molecule has 16 heavy (non-hydrogen) atoms. The molecule has 1 saturated heterocycles. The van der Waals surface area contributed by atoms with Crippen molar-refractivity contribution in [3.63, 3.8) is 0 Å². The fraction of sp³-hybridized carbons (Fsp3) is 0.909. The predicted octanol–water partition coefficient (Wildman–Crippen LogP) is 1.05. The molecular weight excluding hydrogens is 224 g/mol. The Balaban J connectivity index is 2.43. The lowest BCUT2D eigenvalue weighted by Crippen LogP contribution is -2.30. The fourth-order valence-electron chi connectivity index (χ4n) is 1.71. The summed E-state index contributed by atoms with van der Waals surface area (Å²) in [6.45, 7) is 6.10. The highest BCUT2D eigenvalue weighted by Crippen LogP contribution is 2.19. The van der Waals surface area contributed by atoms with Gasteiger partial charge in [0.15, 0.2) is 9.84 Å². The fourth-order valence-corrected chi connectivity index (χ4v) is 3.02. The Morgan fingerprint density at radius 1 is 1.31 bits per heavy atom. The van der Waals surface area contributed by atoms with Gasteiger partial charge in [-0.15, -0.1) is 0 Å². The molecule has 0 spiro atoms. The van der Waals surface area contributed by atoms with Gasteiger partial charge < -0.3 is 4.90 Å². The van der Waals surface area contributed by atoms with E-state index in [9.17, 15) is 8.42 Å². The third-order valence-electron chi connectivity index (χ3n) is 3.00. The maximum atomic E-state index is 11.4. The molecule has 0 unspecified atom stereocenters. The highest BCUT2D eigenvalue weighted by atomic mass is 32.2. The third-order valence-corrected chi connectivity index (χ3v) is 4.72. The van der Waals surface area contributed by atoms with Crippen LogP contribution in [-0.2, 0) is 9.84 Å². The van der Waals surface area contributed by atoms with Crippen LogP contribution >= 0.6 is 0 Å². The van der Waals surface area contributed by atoms with E-state index in [4.69, 9.17) is 5.26 Å². The summed E-state index contributed by atoms with van der Waals surface area (Å²) in [5.74, 6) is 0.575. The Kier molecular flexibility index (Phi) is 4.34. The van der Waals surface area contributed by atoms with Crippen molar-refractivity contribution in [2.24, 2.45) is 5.41 Å². The molecule has 0 bridgehead atoms. The van der Waals surface area contributed by atoms with Crippen LogP contribution in [0.4, 0.5) is 0 Å². The van der Waals surface area contributed by atoms with Gasteiger partial charge in [-0.1, -0.05) is 0 Å². The first-order chi connectivity index (χ1) is 7.35. The molecule has 1 fully saturated rings. The van der Waals surface area contributed by atoms with Crippen molar-refractivity contribution in [1.82, 2.24) is 4.90 Å². The van der Waals surface area contributed by atoms with Crippen LogP contribution in [0.25, 0.3) is 0 Å². The van der Waals surface area contributed by atoms with Crippen molar-refractivity contribution in [3.8, 4) is 6.07 Å². The van der Waals surface area contributed by atoms with Gasteiger partial charge in [-0.05, 0) is 39.8 Å². The van der Waals surface area contributed by atoms with Gasteiger partial charge in [0.25, 0.3) is 0 Å². The lowest BCUT2D eigenvalue weighted by Gasteiger charge is -2.23. The van der Waals surface area contributed by atoms with Crippen molar-refractivity contribution < 1.29 is 8.42 Å². The molecule has 0 radical (unpaired) electrons. The first-order valence-electron chi connectivity index (χ1n) is 5.69. The van der Waals surface area contributed by atoms with Crippen LogP contribution in [0.5, 0.6) is 0 Å². The molecule has 0 aliphatic carbocycles. The minimum atomic E-state index is -2.82. The molecule has 0 aromatic carbocycles. The first kappa shape index (κ1) is 13.5. The molecular formula is C11H20N2O2S. The number of hydrogen-bond acceptors (Lipinski definition) is 4. The topological polar surface area (TPSA) is 61.2 Å². The molecule has 5 heteroatoms. The van der Waals surface area contributed by atoms with Crippen LogP contribution in [0, 0.1) is 16.7 Å². The molecule has 1 heterocycles. The zero-order valence-electron chi connectivity index (χ0n) is 10.1. The summed E-state index contributed by atoms with van der Waals surface area (Å²) < 4.78 is 22.8. The van der Waals surface area contributed by atoms with E-state index < -0.39 is 9.84 Å². The van der Waals surface area contributed by atoms with E-state index in [1.807, 2.05) is 13.8 Å². The second-order valence-corrected chi connectivity index (χ2v) is 7.40. The highest BCUT2D eigenvalue weighted by Gasteiger charge is 2.22. The minimum Gasteiger partial charge on any atom is -0.302 e. The van der Waals surface area contributed by atoms with Gasteiger partial charge in [-0.25, -0.2) is 8.42 Å². The molecule has 1 aliphatic rings. The van der Waals surface area contributed by atoms with E-state index >= 15 is 0 Å². The molecule has 4 nitrogen and oxygen atoms in total. The van der Waals surface area contributed by atoms with Gasteiger partial charge >= 0.3 is 0 Å². The Bertz CT molecular complexity index is 368. The number of nitriles is 1. The molecule has 0 atom stereocenters. The summed E-state index contributed by atoms with van der Waals surface area (Å²) >= 11 is 0. The highest BCUT2D eigenvalue weighted by molar-refractivity contribution is 7.91. The molecule has 0 aromatic rings. The average Bonchev–Trinajstić information content (AvgIpc) is 2.37. The summed E-state index contributed by atoms with van der Waals surface area (Å²) in [6, 6.07) is 2.27. The number of hydrogen-bond donors (Lipinski definition) is 0. The lowest BCUT2D eigenvalue weighted by atomic mass is 9.91. The smallest absolute Gasteiger partial charge is 0.151 e. The van der Waals surface area contributed by atoms with Gasteiger partial charge in [0.05, 0.1) is 23.0 Å². The average molecular weight is 244 g/mol. The van der Waals surface area contributed by atoms with Crippen LogP contribution in [-0.4, -0.2) is 44.5 Å². The maximum absolute atomic E-state index is 11.4. The Morgan fingerprint density at radius 2 is 2.00 bits per heavy atom. The van der Waals surface area contributed by atoms with Crippen molar-refractivity contribution >= 4 is 9.84 Å². The summed E-state index contributed by atoms with van der Waals surface area (Å²) in [4.78, 5) is 2.16. The molecule has 92 valence electrons. The lowest BCUT2D eigenvalue weighted by molar-refractivity contribution is 0.258. The molecule has 1 rings (SSSR count). The zero-order chi connectivity index (χ0) is 12.2. The second kappa shape index (κ2) is 5.15. The minimum absolute atomic E-state index is 0.264. The largest absolute Gasteiger partial charge is 0.302 e. The SMILES string of the molecule is CC(C)(C#N)CCN1CCCS(=O)(=O)CC1. The zero-order valence-corrected chi connectivity index (χ0v) is 10.9. The quantitative estimate of drug-likeness (QED) is 0.744.